The molecule has 106 valence electrons. The number of rotatable bonds is 6. The molecule has 2 N–H and O–H groups in total. The van der Waals surface area contributed by atoms with Crippen LogP contribution >= 0.6 is 0 Å². The van der Waals surface area contributed by atoms with Gasteiger partial charge in [0, 0.05) is 5.54 Å². The maximum Gasteiger partial charge on any atom is 0.0447 e. The van der Waals surface area contributed by atoms with E-state index in [2.05, 4.69) is 62.4 Å². The summed E-state index contributed by atoms with van der Waals surface area (Å²) in [5.74, 6) is 0. The fraction of sp³-hybridized carbons (Fsp3) is 0.368. The maximum absolute atomic E-state index is 6.67. The SMILES string of the molecule is CCCc1ccc(C(N)(CC)Cc2ccccc2)cc1. The molecule has 0 radical (unpaired) electrons. The molecule has 1 unspecified atom stereocenters. The Bertz CT molecular complexity index is 515. The molecule has 0 aliphatic heterocycles. The third-order valence-electron chi connectivity index (χ3n) is 4.06. The molecule has 0 saturated carbocycles. The van der Waals surface area contributed by atoms with Gasteiger partial charge in [-0.1, -0.05) is 74.9 Å². The van der Waals surface area contributed by atoms with Gasteiger partial charge in [-0.2, -0.15) is 0 Å². The maximum atomic E-state index is 6.67. The largest absolute Gasteiger partial charge is 0.321 e. The van der Waals surface area contributed by atoms with E-state index in [1.54, 1.807) is 0 Å². The van der Waals surface area contributed by atoms with Gasteiger partial charge in [0.25, 0.3) is 0 Å². The summed E-state index contributed by atoms with van der Waals surface area (Å²) in [5.41, 5.74) is 10.3. The molecule has 2 rings (SSSR count). The molecule has 0 amide bonds. The van der Waals surface area contributed by atoms with E-state index < -0.39 is 0 Å². The minimum absolute atomic E-state index is 0.272. The lowest BCUT2D eigenvalue weighted by atomic mass is 9.82. The Hall–Kier alpha value is -1.60. The van der Waals surface area contributed by atoms with Crippen LogP contribution in [0.4, 0.5) is 0 Å². The van der Waals surface area contributed by atoms with Crippen molar-refractivity contribution >= 4 is 0 Å². The summed E-state index contributed by atoms with van der Waals surface area (Å²) in [6.45, 7) is 4.38. The van der Waals surface area contributed by atoms with Crippen molar-refractivity contribution in [1.82, 2.24) is 0 Å². The van der Waals surface area contributed by atoms with Crippen molar-refractivity contribution in [2.24, 2.45) is 5.73 Å². The minimum atomic E-state index is -0.272. The van der Waals surface area contributed by atoms with Gasteiger partial charge in [-0.25, -0.2) is 0 Å². The molecule has 20 heavy (non-hydrogen) atoms. The van der Waals surface area contributed by atoms with Crippen molar-refractivity contribution in [2.75, 3.05) is 0 Å². The molecule has 0 aliphatic rings. The Kier molecular flexibility index (Phi) is 4.97. The molecule has 0 bridgehead atoms. The van der Waals surface area contributed by atoms with E-state index in [1.807, 2.05) is 6.07 Å². The van der Waals surface area contributed by atoms with E-state index in [-0.39, 0.29) is 5.54 Å². The van der Waals surface area contributed by atoms with Crippen LogP contribution in [0.1, 0.15) is 43.4 Å². The highest BCUT2D eigenvalue weighted by molar-refractivity contribution is 5.31. The number of benzene rings is 2. The Morgan fingerprint density at radius 1 is 0.850 bits per heavy atom. The fourth-order valence-electron chi connectivity index (χ4n) is 2.68. The van der Waals surface area contributed by atoms with Crippen molar-refractivity contribution < 1.29 is 0 Å². The van der Waals surface area contributed by atoms with Crippen molar-refractivity contribution in [2.45, 2.75) is 45.1 Å². The van der Waals surface area contributed by atoms with Gasteiger partial charge in [0.15, 0.2) is 0 Å². The van der Waals surface area contributed by atoms with Crippen molar-refractivity contribution in [3.8, 4) is 0 Å². The molecule has 1 heteroatoms. The zero-order chi connectivity index (χ0) is 14.4. The van der Waals surface area contributed by atoms with Gasteiger partial charge >= 0.3 is 0 Å². The molecule has 2 aromatic carbocycles. The van der Waals surface area contributed by atoms with Crippen LogP contribution in [-0.4, -0.2) is 0 Å². The van der Waals surface area contributed by atoms with Gasteiger partial charge in [0.05, 0.1) is 0 Å². The summed E-state index contributed by atoms with van der Waals surface area (Å²) in [5, 5.41) is 0. The van der Waals surface area contributed by atoms with Crippen LogP contribution < -0.4 is 5.73 Å². The molecule has 1 nitrogen and oxygen atoms in total. The van der Waals surface area contributed by atoms with Gasteiger partial charge < -0.3 is 5.73 Å². The standard InChI is InChI=1S/C19H25N/c1-3-8-16-11-13-18(14-12-16)19(20,4-2)15-17-9-6-5-7-10-17/h5-7,9-14H,3-4,8,15,20H2,1-2H3. The van der Waals surface area contributed by atoms with E-state index in [4.69, 9.17) is 5.73 Å². The van der Waals surface area contributed by atoms with E-state index in [9.17, 15) is 0 Å². The molecule has 0 fully saturated rings. The molecular formula is C19H25N. The zero-order valence-corrected chi connectivity index (χ0v) is 12.6. The summed E-state index contributed by atoms with van der Waals surface area (Å²) < 4.78 is 0. The number of hydrogen-bond donors (Lipinski definition) is 1. The first-order chi connectivity index (χ1) is 9.68. The van der Waals surface area contributed by atoms with Crippen LogP contribution in [0, 0.1) is 0 Å². The van der Waals surface area contributed by atoms with Crippen LogP contribution in [0.2, 0.25) is 0 Å². The second kappa shape index (κ2) is 6.71. The first kappa shape index (κ1) is 14.8. The van der Waals surface area contributed by atoms with E-state index in [0.29, 0.717) is 0 Å². The third-order valence-corrected chi connectivity index (χ3v) is 4.06. The monoisotopic (exact) mass is 267 g/mol. The van der Waals surface area contributed by atoms with Crippen LogP contribution in [-0.2, 0) is 18.4 Å². The first-order valence-electron chi connectivity index (χ1n) is 7.60. The summed E-state index contributed by atoms with van der Waals surface area (Å²) >= 11 is 0. The number of nitrogens with two attached hydrogens (primary N) is 1. The smallest absolute Gasteiger partial charge is 0.0447 e. The topological polar surface area (TPSA) is 26.0 Å². The lowest BCUT2D eigenvalue weighted by molar-refractivity contribution is 0.425. The number of hydrogen-bond acceptors (Lipinski definition) is 1. The van der Waals surface area contributed by atoms with Gasteiger partial charge in [-0.05, 0) is 36.0 Å². The molecule has 2 aromatic rings. The molecule has 0 saturated heterocycles. The van der Waals surface area contributed by atoms with Crippen LogP contribution in [0.5, 0.6) is 0 Å². The second-order valence-electron chi connectivity index (χ2n) is 5.62. The highest BCUT2D eigenvalue weighted by Crippen LogP contribution is 2.27. The lowest BCUT2D eigenvalue weighted by Crippen LogP contribution is -2.38. The highest BCUT2D eigenvalue weighted by Gasteiger charge is 2.25. The van der Waals surface area contributed by atoms with Gasteiger partial charge in [-0.15, -0.1) is 0 Å². The third kappa shape index (κ3) is 3.49. The zero-order valence-electron chi connectivity index (χ0n) is 12.6. The lowest BCUT2D eigenvalue weighted by Gasteiger charge is -2.29. The Morgan fingerprint density at radius 3 is 2.05 bits per heavy atom. The van der Waals surface area contributed by atoms with Crippen LogP contribution in [0.25, 0.3) is 0 Å². The van der Waals surface area contributed by atoms with E-state index >= 15 is 0 Å². The molecule has 0 aromatic heterocycles. The summed E-state index contributed by atoms with van der Waals surface area (Å²) in [4.78, 5) is 0. The fourth-order valence-corrected chi connectivity index (χ4v) is 2.68. The van der Waals surface area contributed by atoms with Crippen molar-refractivity contribution in [1.29, 1.82) is 0 Å². The second-order valence-corrected chi connectivity index (χ2v) is 5.62. The van der Waals surface area contributed by atoms with E-state index in [1.165, 1.54) is 23.1 Å². The van der Waals surface area contributed by atoms with Crippen molar-refractivity contribution in [3.63, 3.8) is 0 Å². The highest BCUT2D eigenvalue weighted by atomic mass is 14.7. The molecule has 0 spiro atoms. The molecule has 0 aliphatic carbocycles. The molecule has 0 heterocycles. The van der Waals surface area contributed by atoms with Crippen LogP contribution in [0.3, 0.4) is 0 Å². The normalized spacial score (nSPS) is 13.9. The Labute approximate surface area is 122 Å². The van der Waals surface area contributed by atoms with E-state index in [0.717, 1.165) is 19.3 Å². The molecule has 1 atom stereocenters. The number of aryl methyl sites for hydroxylation is 1. The Balaban J connectivity index is 2.21. The first-order valence-corrected chi connectivity index (χ1v) is 7.60. The predicted molar refractivity (Wildman–Crippen MR) is 86.7 cm³/mol. The Morgan fingerprint density at radius 2 is 1.50 bits per heavy atom. The summed E-state index contributed by atoms with van der Waals surface area (Å²) in [6.07, 6.45) is 4.15. The van der Waals surface area contributed by atoms with Gasteiger partial charge in [-0.3, -0.25) is 0 Å². The quantitative estimate of drug-likeness (QED) is 0.822. The average molecular weight is 267 g/mol. The molecular weight excluding hydrogens is 242 g/mol. The van der Waals surface area contributed by atoms with Crippen molar-refractivity contribution in [3.05, 3.63) is 71.3 Å². The summed E-state index contributed by atoms with van der Waals surface area (Å²) in [6, 6.07) is 19.4. The predicted octanol–water partition coefficient (Wildman–Crippen LogP) is 4.45. The van der Waals surface area contributed by atoms with Crippen LogP contribution in [0.15, 0.2) is 54.6 Å². The average Bonchev–Trinajstić information content (AvgIpc) is 2.49. The van der Waals surface area contributed by atoms with Gasteiger partial charge in [0.1, 0.15) is 0 Å². The van der Waals surface area contributed by atoms with Gasteiger partial charge in [0.2, 0.25) is 0 Å². The summed E-state index contributed by atoms with van der Waals surface area (Å²) in [7, 11) is 0. The minimum Gasteiger partial charge on any atom is -0.321 e.